The number of aliphatic hydroxyl groups is 1. The lowest BCUT2D eigenvalue weighted by Gasteiger charge is -2.08. The number of thiophene rings is 1. The zero-order chi connectivity index (χ0) is 10.1. The zero-order valence-corrected chi connectivity index (χ0v) is 8.60. The van der Waals surface area contributed by atoms with Crippen molar-refractivity contribution in [2.75, 3.05) is 12.8 Å². The predicted molar refractivity (Wildman–Crippen MR) is 58.7 cm³/mol. The van der Waals surface area contributed by atoms with Crippen LogP contribution in [0.2, 0.25) is 0 Å². The van der Waals surface area contributed by atoms with Crippen molar-refractivity contribution in [3.8, 4) is 5.75 Å². The number of methoxy groups -OCH3 is 1. The Balaban J connectivity index is 2.80. The maximum absolute atomic E-state index is 9.10. The van der Waals surface area contributed by atoms with E-state index in [-0.39, 0.29) is 6.61 Å². The number of nitrogens with two attached hydrogens (primary N) is 1. The van der Waals surface area contributed by atoms with E-state index in [0.29, 0.717) is 5.69 Å². The summed E-state index contributed by atoms with van der Waals surface area (Å²) in [6.45, 7) is -0.0595. The summed E-state index contributed by atoms with van der Waals surface area (Å²) >= 11 is 1.56. The molecule has 3 N–H and O–H groups in total. The summed E-state index contributed by atoms with van der Waals surface area (Å²) < 4.78 is 6.20. The van der Waals surface area contributed by atoms with E-state index in [2.05, 4.69) is 0 Å². The molecule has 2 rings (SSSR count). The third-order valence-electron chi connectivity index (χ3n) is 2.22. The predicted octanol–water partition coefficient (Wildman–Crippen LogP) is 1.98. The minimum Gasteiger partial charge on any atom is -0.496 e. The van der Waals surface area contributed by atoms with Gasteiger partial charge in [0.05, 0.1) is 24.1 Å². The minimum atomic E-state index is -0.0595. The van der Waals surface area contributed by atoms with Crippen LogP contribution in [0.4, 0.5) is 5.69 Å². The Kier molecular flexibility index (Phi) is 2.31. The maximum atomic E-state index is 9.10. The number of hydrogen-bond donors (Lipinski definition) is 2. The number of ether oxygens (including phenoxy) is 1. The van der Waals surface area contributed by atoms with E-state index in [9.17, 15) is 0 Å². The smallest absolute Gasteiger partial charge is 0.128 e. The molecule has 0 saturated heterocycles. The molecule has 74 valence electrons. The monoisotopic (exact) mass is 209 g/mol. The number of fused-ring (bicyclic) bond motifs is 1. The topological polar surface area (TPSA) is 55.5 Å². The molecule has 0 aliphatic carbocycles. The van der Waals surface area contributed by atoms with Gasteiger partial charge in [0.1, 0.15) is 5.75 Å². The third-order valence-corrected chi connectivity index (χ3v) is 3.16. The lowest BCUT2D eigenvalue weighted by molar-refractivity contribution is 0.282. The van der Waals surface area contributed by atoms with E-state index < -0.39 is 0 Å². The van der Waals surface area contributed by atoms with Crippen LogP contribution in [-0.2, 0) is 6.61 Å². The molecule has 0 fully saturated rings. The van der Waals surface area contributed by atoms with E-state index in [1.165, 1.54) is 0 Å². The molecular formula is C10H11NO2S. The molecule has 0 bridgehead atoms. The fourth-order valence-electron chi connectivity index (χ4n) is 1.47. The van der Waals surface area contributed by atoms with Crippen molar-refractivity contribution in [2.45, 2.75) is 6.61 Å². The normalized spacial score (nSPS) is 10.7. The molecule has 0 atom stereocenters. The van der Waals surface area contributed by atoms with Crippen LogP contribution in [-0.4, -0.2) is 12.2 Å². The quantitative estimate of drug-likeness (QED) is 0.744. The molecule has 0 aliphatic rings. The van der Waals surface area contributed by atoms with Crippen LogP contribution in [0.3, 0.4) is 0 Å². The van der Waals surface area contributed by atoms with Crippen molar-refractivity contribution in [1.82, 2.24) is 0 Å². The van der Waals surface area contributed by atoms with Crippen LogP contribution in [0.15, 0.2) is 17.5 Å². The van der Waals surface area contributed by atoms with Gasteiger partial charge in [-0.2, -0.15) is 0 Å². The van der Waals surface area contributed by atoms with Gasteiger partial charge in [-0.1, -0.05) is 0 Å². The second kappa shape index (κ2) is 3.48. The molecule has 2 aromatic rings. The van der Waals surface area contributed by atoms with Crippen molar-refractivity contribution in [2.24, 2.45) is 0 Å². The van der Waals surface area contributed by atoms with Gasteiger partial charge in [-0.3, -0.25) is 0 Å². The van der Waals surface area contributed by atoms with Gasteiger partial charge in [0.2, 0.25) is 0 Å². The summed E-state index contributed by atoms with van der Waals surface area (Å²) in [5.74, 6) is 0.763. The van der Waals surface area contributed by atoms with Gasteiger partial charge in [-0.05, 0) is 17.5 Å². The summed E-state index contributed by atoms with van der Waals surface area (Å²) in [7, 11) is 1.61. The highest BCUT2D eigenvalue weighted by Gasteiger charge is 2.10. The highest BCUT2D eigenvalue weighted by molar-refractivity contribution is 7.17. The van der Waals surface area contributed by atoms with Crippen LogP contribution >= 0.6 is 11.3 Å². The SMILES string of the molecule is COc1cc(CO)c(N)c2sccc12. The first-order valence-corrected chi connectivity index (χ1v) is 5.09. The Morgan fingerprint density at radius 1 is 1.57 bits per heavy atom. The van der Waals surface area contributed by atoms with Crippen LogP contribution in [0.1, 0.15) is 5.56 Å². The van der Waals surface area contributed by atoms with E-state index in [4.69, 9.17) is 15.6 Å². The van der Waals surface area contributed by atoms with Crippen molar-refractivity contribution in [1.29, 1.82) is 0 Å². The minimum absolute atomic E-state index is 0.0595. The van der Waals surface area contributed by atoms with Crippen molar-refractivity contribution >= 4 is 27.1 Å². The summed E-state index contributed by atoms with van der Waals surface area (Å²) in [5.41, 5.74) is 7.26. The fourth-order valence-corrected chi connectivity index (χ4v) is 2.37. The van der Waals surface area contributed by atoms with Crippen LogP contribution in [0.25, 0.3) is 10.1 Å². The van der Waals surface area contributed by atoms with E-state index >= 15 is 0 Å². The molecule has 0 amide bonds. The van der Waals surface area contributed by atoms with Gasteiger partial charge in [0, 0.05) is 10.9 Å². The number of aliphatic hydroxyl groups excluding tert-OH is 1. The first-order chi connectivity index (χ1) is 6.77. The molecule has 0 radical (unpaired) electrons. The second-order valence-electron chi connectivity index (χ2n) is 2.97. The van der Waals surface area contributed by atoms with Crippen molar-refractivity contribution in [3.63, 3.8) is 0 Å². The average Bonchev–Trinajstić information content (AvgIpc) is 2.68. The zero-order valence-electron chi connectivity index (χ0n) is 7.78. The molecule has 0 spiro atoms. The summed E-state index contributed by atoms with van der Waals surface area (Å²) in [4.78, 5) is 0. The van der Waals surface area contributed by atoms with Crippen LogP contribution in [0, 0.1) is 0 Å². The van der Waals surface area contributed by atoms with E-state index in [0.717, 1.165) is 21.4 Å². The first-order valence-electron chi connectivity index (χ1n) is 4.21. The summed E-state index contributed by atoms with van der Waals surface area (Å²) in [6.07, 6.45) is 0. The first kappa shape index (κ1) is 9.30. The van der Waals surface area contributed by atoms with Gasteiger partial charge < -0.3 is 15.6 Å². The van der Waals surface area contributed by atoms with Gasteiger partial charge in [0.25, 0.3) is 0 Å². The number of rotatable bonds is 2. The molecule has 1 aromatic carbocycles. The van der Waals surface area contributed by atoms with E-state index in [1.807, 2.05) is 11.4 Å². The molecule has 1 heterocycles. The highest BCUT2D eigenvalue weighted by atomic mass is 32.1. The molecule has 0 aliphatic heterocycles. The van der Waals surface area contributed by atoms with Crippen molar-refractivity contribution in [3.05, 3.63) is 23.1 Å². The number of nitrogen functional groups attached to an aromatic ring is 1. The Hall–Kier alpha value is -1.26. The Bertz CT molecular complexity index is 464. The van der Waals surface area contributed by atoms with Gasteiger partial charge in [-0.25, -0.2) is 0 Å². The molecule has 4 heteroatoms. The van der Waals surface area contributed by atoms with Gasteiger partial charge in [0.15, 0.2) is 0 Å². The highest BCUT2D eigenvalue weighted by Crippen LogP contribution is 2.36. The third kappa shape index (κ3) is 1.23. The fraction of sp³-hybridized carbons (Fsp3) is 0.200. The number of anilines is 1. The molecule has 1 aromatic heterocycles. The Labute approximate surface area is 85.7 Å². The molecule has 14 heavy (non-hydrogen) atoms. The summed E-state index contributed by atoms with van der Waals surface area (Å²) in [5, 5.41) is 12.1. The van der Waals surface area contributed by atoms with Crippen molar-refractivity contribution < 1.29 is 9.84 Å². The molecule has 3 nitrogen and oxygen atoms in total. The lowest BCUT2D eigenvalue weighted by Crippen LogP contribution is -1.96. The largest absolute Gasteiger partial charge is 0.496 e. The number of hydrogen-bond acceptors (Lipinski definition) is 4. The maximum Gasteiger partial charge on any atom is 0.128 e. The van der Waals surface area contributed by atoms with Crippen LogP contribution in [0.5, 0.6) is 5.75 Å². The molecule has 0 unspecified atom stereocenters. The Morgan fingerprint density at radius 3 is 3.00 bits per heavy atom. The second-order valence-corrected chi connectivity index (χ2v) is 3.89. The Morgan fingerprint density at radius 2 is 2.36 bits per heavy atom. The number of benzene rings is 1. The summed E-state index contributed by atoms with van der Waals surface area (Å²) in [6, 6.07) is 3.75. The van der Waals surface area contributed by atoms with Crippen LogP contribution < -0.4 is 10.5 Å². The van der Waals surface area contributed by atoms with Gasteiger partial charge >= 0.3 is 0 Å². The average molecular weight is 209 g/mol. The van der Waals surface area contributed by atoms with E-state index in [1.54, 1.807) is 24.5 Å². The molecule has 0 saturated carbocycles. The van der Waals surface area contributed by atoms with Gasteiger partial charge in [-0.15, -0.1) is 11.3 Å². The standard InChI is InChI=1S/C10H11NO2S/c1-13-8-4-6(5-12)9(11)10-7(8)2-3-14-10/h2-4,12H,5,11H2,1H3. The lowest BCUT2D eigenvalue weighted by atomic mass is 10.1. The molecular weight excluding hydrogens is 198 g/mol.